The average Bonchev–Trinajstić information content (AvgIpc) is 3.30. The summed E-state index contributed by atoms with van der Waals surface area (Å²) in [5.74, 6) is 0.241. The van der Waals surface area contributed by atoms with Gasteiger partial charge in [0.25, 0.3) is 11.8 Å². The van der Waals surface area contributed by atoms with Crippen molar-refractivity contribution in [3.8, 4) is 5.75 Å². The maximum absolute atomic E-state index is 13.3. The molecule has 45 heavy (non-hydrogen) atoms. The highest BCUT2D eigenvalue weighted by Gasteiger charge is 2.36. The van der Waals surface area contributed by atoms with Crippen molar-refractivity contribution >= 4 is 31.7 Å². The Balaban J connectivity index is 1.56. The summed E-state index contributed by atoms with van der Waals surface area (Å²) in [7, 11) is 0.0644. The summed E-state index contributed by atoms with van der Waals surface area (Å²) < 4.78 is 16.6. The van der Waals surface area contributed by atoms with Gasteiger partial charge in [0.15, 0.2) is 0 Å². The Bertz CT molecular complexity index is 1440. The molecule has 4 rings (SSSR count). The first-order chi connectivity index (χ1) is 21.8. The Hall–Kier alpha value is -3.75. The third-order valence-electron chi connectivity index (χ3n) is 7.56. The van der Waals surface area contributed by atoms with Crippen LogP contribution in [-0.2, 0) is 15.5 Å². The maximum atomic E-state index is 13.3. The molecule has 2 amide bonds. The largest absolute Gasteiger partial charge is 0.497 e. The van der Waals surface area contributed by atoms with Crippen LogP contribution in [0.3, 0.4) is 0 Å². The van der Waals surface area contributed by atoms with Gasteiger partial charge >= 0.3 is 8.53 Å². The van der Waals surface area contributed by atoms with E-state index in [0.29, 0.717) is 36.6 Å². The van der Waals surface area contributed by atoms with E-state index in [9.17, 15) is 14.8 Å². The van der Waals surface area contributed by atoms with Gasteiger partial charge in [0.1, 0.15) is 5.75 Å². The zero-order valence-corrected chi connectivity index (χ0v) is 27.8. The number of allylic oxidation sites excluding steroid dienone is 1. The van der Waals surface area contributed by atoms with Crippen molar-refractivity contribution in [2.45, 2.75) is 53.4 Å². The monoisotopic (exact) mass is 633 g/mol. The van der Waals surface area contributed by atoms with Crippen LogP contribution in [0.4, 0.5) is 11.4 Å². The summed E-state index contributed by atoms with van der Waals surface area (Å²) in [5.41, 5.74) is 5.57. The van der Waals surface area contributed by atoms with E-state index in [0.717, 1.165) is 58.8 Å². The van der Waals surface area contributed by atoms with Crippen LogP contribution < -0.4 is 14.5 Å². The molecule has 0 atom stereocenters. The van der Waals surface area contributed by atoms with Gasteiger partial charge in [-0.15, -0.1) is 0 Å². The number of methoxy groups -OCH3 is 1. The molecule has 10 heteroatoms. The number of fused-ring (bicyclic) bond motifs is 1. The summed E-state index contributed by atoms with van der Waals surface area (Å²) >= 11 is 0. The van der Waals surface area contributed by atoms with Gasteiger partial charge in [0.05, 0.1) is 43.7 Å². The average molecular weight is 634 g/mol. The lowest BCUT2D eigenvalue weighted by atomic mass is 10.1. The highest BCUT2D eigenvalue weighted by Crippen LogP contribution is 2.44. The Morgan fingerprint density at radius 2 is 1.58 bits per heavy atom. The van der Waals surface area contributed by atoms with Crippen molar-refractivity contribution in [1.29, 1.82) is 0 Å². The van der Waals surface area contributed by atoms with E-state index in [4.69, 9.17) is 13.8 Å². The quantitative estimate of drug-likeness (QED) is 0.0911. The predicted octanol–water partition coefficient (Wildman–Crippen LogP) is 7.92. The molecule has 1 N–H and O–H groups in total. The Morgan fingerprint density at radius 1 is 0.933 bits per heavy atom. The lowest BCUT2D eigenvalue weighted by molar-refractivity contribution is 0.0667. The molecule has 3 aromatic carbocycles. The smallest absolute Gasteiger partial charge is 0.315 e. The number of unbranched alkanes of at least 4 members (excludes halogenated alkanes) is 1. The van der Waals surface area contributed by atoms with Crippen LogP contribution in [0.5, 0.6) is 5.75 Å². The second kappa shape index (κ2) is 16.5. The zero-order valence-electron chi connectivity index (χ0n) is 26.9. The minimum absolute atomic E-state index is 0.182. The highest BCUT2D eigenvalue weighted by atomic mass is 31.2. The number of hydrogen-bond donors (Lipinski definition) is 1. The van der Waals surface area contributed by atoms with Gasteiger partial charge < -0.3 is 18.7 Å². The van der Waals surface area contributed by atoms with Crippen molar-refractivity contribution in [1.82, 2.24) is 4.90 Å². The summed E-state index contributed by atoms with van der Waals surface area (Å²) in [6.07, 6.45) is 5.49. The number of aryl methyl sites for hydroxylation is 2. The molecule has 0 bridgehead atoms. The van der Waals surface area contributed by atoms with Crippen LogP contribution >= 0.6 is 8.53 Å². The molecule has 240 valence electrons. The molecule has 0 spiro atoms. The molecule has 0 fully saturated rings. The van der Waals surface area contributed by atoms with Crippen molar-refractivity contribution in [3.05, 3.63) is 101 Å². The number of anilines is 2. The van der Waals surface area contributed by atoms with Gasteiger partial charge in [-0.1, -0.05) is 43.7 Å². The number of rotatable bonds is 17. The SMILES string of the molecule is CCC/C=C(\CN1C(=O)c2ccccc2C1=O)N(CCCc1ccc(N(O)P(OCC)OCC)cc1)c1ccc(OC)cc1C. The molecule has 0 saturated carbocycles. The topological polar surface area (TPSA) is 91.8 Å². The fourth-order valence-corrected chi connectivity index (χ4v) is 6.35. The summed E-state index contributed by atoms with van der Waals surface area (Å²) in [6.45, 7) is 9.61. The molecular weight excluding hydrogens is 589 g/mol. The van der Waals surface area contributed by atoms with E-state index in [2.05, 4.69) is 17.9 Å². The molecule has 9 nitrogen and oxygen atoms in total. The maximum Gasteiger partial charge on any atom is 0.315 e. The Kier molecular flexibility index (Phi) is 12.5. The number of amides is 2. The Labute approximate surface area is 267 Å². The van der Waals surface area contributed by atoms with Gasteiger partial charge in [-0.2, -0.15) is 4.83 Å². The summed E-state index contributed by atoms with van der Waals surface area (Å²) in [5, 5.41) is 10.7. The molecule has 0 unspecified atom stereocenters. The van der Waals surface area contributed by atoms with Gasteiger partial charge in [-0.3, -0.25) is 19.7 Å². The molecule has 1 aliphatic rings. The van der Waals surface area contributed by atoms with E-state index < -0.39 is 8.53 Å². The number of ether oxygens (including phenoxy) is 1. The minimum Gasteiger partial charge on any atom is -0.497 e. The first kappa shape index (κ1) is 34.1. The van der Waals surface area contributed by atoms with Crippen LogP contribution in [-0.4, -0.2) is 55.3 Å². The van der Waals surface area contributed by atoms with Crippen LogP contribution in [0.2, 0.25) is 0 Å². The third-order valence-corrected chi connectivity index (χ3v) is 9.06. The molecule has 1 heterocycles. The lowest BCUT2D eigenvalue weighted by Gasteiger charge is -2.31. The molecule has 1 aliphatic heterocycles. The number of hydrogen-bond acceptors (Lipinski definition) is 8. The first-order valence-electron chi connectivity index (χ1n) is 15.5. The number of benzene rings is 3. The van der Waals surface area contributed by atoms with E-state index in [1.807, 2.05) is 63.2 Å². The van der Waals surface area contributed by atoms with Crippen LogP contribution in [0.15, 0.2) is 78.5 Å². The number of imide groups is 1. The standard InChI is InChI=1S/C35H44N3O6P/c1-6-9-14-29(25-37-34(39)31-15-10-11-16-32(31)35(37)40)36(33-22-21-30(42-5)24-26(33)4)23-12-13-27-17-19-28(20-18-27)38(41)45(43-7-2)44-8-3/h10-11,14-22,24,41H,6-9,12-13,23,25H2,1-5H3/b29-14+. The molecule has 3 aromatic rings. The second-order valence-electron chi connectivity index (χ2n) is 10.7. The van der Waals surface area contributed by atoms with E-state index in [1.165, 1.54) is 4.90 Å². The molecular formula is C35H44N3O6P. The van der Waals surface area contributed by atoms with Gasteiger partial charge in [-0.05, 0) is 93.6 Å². The van der Waals surface area contributed by atoms with E-state index in [1.54, 1.807) is 31.4 Å². The van der Waals surface area contributed by atoms with E-state index >= 15 is 0 Å². The van der Waals surface area contributed by atoms with Gasteiger partial charge in [-0.25, -0.2) is 0 Å². The first-order valence-corrected chi connectivity index (χ1v) is 16.7. The predicted molar refractivity (Wildman–Crippen MR) is 179 cm³/mol. The zero-order chi connectivity index (χ0) is 32.3. The second-order valence-corrected chi connectivity index (χ2v) is 12.0. The summed E-state index contributed by atoms with van der Waals surface area (Å²) in [4.78, 5) is 31.3. The number of carbonyl (C=O) groups excluding carboxylic acids is 2. The minimum atomic E-state index is -1.59. The Morgan fingerprint density at radius 3 is 2.13 bits per heavy atom. The molecule has 0 radical (unpaired) electrons. The summed E-state index contributed by atoms with van der Waals surface area (Å²) in [6, 6.07) is 20.7. The van der Waals surface area contributed by atoms with Crippen LogP contribution in [0.1, 0.15) is 71.9 Å². The van der Waals surface area contributed by atoms with Crippen molar-refractivity contribution in [2.24, 2.45) is 0 Å². The number of nitrogens with zero attached hydrogens (tertiary/aromatic N) is 3. The number of carbonyl (C=O) groups is 2. The molecule has 0 aromatic heterocycles. The molecule has 0 saturated heterocycles. The lowest BCUT2D eigenvalue weighted by Crippen LogP contribution is -2.37. The van der Waals surface area contributed by atoms with Crippen LogP contribution in [0, 0.1) is 6.92 Å². The van der Waals surface area contributed by atoms with Crippen molar-refractivity contribution < 1.29 is 28.6 Å². The highest BCUT2D eigenvalue weighted by molar-refractivity contribution is 7.48. The normalized spacial score (nSPS) is 13.0. The van der Waals surface area contributed by atoms with Crippen molar-refractivity contribution in [3.63, 3.8) is 0 Å². The van der Waals surface area contributed by atoms with E-state index in [-0.39, 0.29) is 18.4 Å². The fourth-order valence-electron chi connectivity index (χ4n) is 5.29. The molecule has 0 aliphatic carbocycles. The third kappa shape index (κ3) is 8.30. The fraction of sp³-hybridized carbons (Fsp3) is 0.371. The van der Waals surface area contributed by atoms with Gasteiger partial charge in [0.2, 0.25) is 0 Å². The van der Waals surface area contributed by atoms with Crippen molar-refractivity contribution in [2.75, 3.05) is 43.1 Å². The van der Waals surface area contributed by atoms with Gasteiger partial charge in [0, 0.05) is 17.9 Å². The van der Waals surface area contributed by atoms with Crippen LogP contribution in [0.25, 0.3) is 0 Å².